The van der Waals surface area contributed by atoms with Crippen LogP contribution in [0.25, 0.3) is 22.6 Å². The average Bonchev–Trinajstić information content (AvgIpc) is 3.01. The fourth-order valence-electron chi connectivity index (χ4n) is 2.22. The SMILES string of the molecule is O=C(O)c1[nH]c(-c2ccc([N+](=O)[O-])cc2)nc1-c1ccc(Cl)cc1. The molecule has 120 valence electrons. The summed E-state index contributed by atoms with van der Waals surface area (Å²) < 4.78 is 0. The van der Waals surface area contributed by atoms with E-state index in [2.05, 4.69) is 9.97 Å². The maximum Gasteiger partial charge on any atom is 0.354 e. The van der Waals surface area contributed by atoms with Crippen molar-refractivity contribution in [2.24, 2.45) is 0 Å². The van der Waals surface area contributed by atoms with Gasteiger partial charge in [0.05, 0.1) is 4.92 Å². The number of nitro benzene ring substituents is 1. The standard InChI is InChI=1S/C16H10ClN3O4/c17-11-5-1-9(2-6-11)13-14(16(21)22)19-15(18-13)10-3-7-12(8-4-10)20(23)24/h1-8H,(H,18,19)(H,21,22). The number of aromatic nitrogens is 2. The van der Waals surface area contributed by atoms with Gasteiger partial charge in [0.25, 0.3) is 5.69 Å². The number of H-pyrrole nitrogens is 1. The van der Waals surface area contributed by atoms with E-state index in [-0.39, 0.29) is 17.1 Å². The van der Waals surface area contributed by atoms with Gasteiger partial charge < -0.3 is 10.1 Å². The normalized spacial score (nSPS) is 10.5. The number of carbonyl (C=O) groups is 1. The number of nitro groups is 1. The lowest BCUT2D eigenvalue weighted by molar-refractivity contribution is -0.384. The number of nitrogens with zero attached hydrogens (tertiary/aromatic N) is 2. The van der Waals surface area contributed by atoms with Crippen LogP contribution in [0.4, 0.5) is 5.69 Å². The van der Waals surface area contributed by atoms with Crippen molar-refractivity contribution < 1.29 is 14.8 Å². The first-order valence-electron chi connectivity index (χ1n) is 6.80. The van der Waals surface area contributed by atoms with Crippen LogP contribution in [0.2, 0.25) is 5.02 Å². The maximum absolute atomic E-state index is 11.5. The minimum atomic E-state index is -1.15. The summed E-state index contributed by atoms with van der Waals surface area (Å²) in [5.41, 5.74) is 1.30. The van der Waals surface area contributed by atoms with Crippen molar-refractivity contribution in [3.63, 3.8) is 0 Å². The van der Waals surface area contributed by atoms with Crippen LogP contribution < -0.4 is 0 Å². The number of rotatable bonds is 4. The number of hydrogen-bond donors (Lipinski definition) is 2. The van der Waals surface area contributed by atoms with Crippen LogP contribution >= 0.6 is 11.6 Å². The molecule has 0 saturated carbocycles. The summed E-state index contributed by atoms with van der Waals surface area (Å²) in [5.74, 6) is -0.840. The van der Waals surface area contributed by atoms with Crippen molar-refractivity contribution in [3.8, 4) is 22.6 Å². The lowest BCUT2D eigenvalue weighted by Gasteiger charge is -1.98. The molecule has 0 unspecified atom stereocenters. The molecule has 0 saturated heterocycles. The highest BCUT2D eigenvalue weighted by molar-refractivity contribution is 6.30. The first-order chi connectivity index (χ1) is 11.5. The quantitative estimate of drug-likeness (QED) is 0.549. The Kier molecular flexibility index (Phi) is 4.01. The van der Waals surface area contributed by atoms with Crippen molar-refractivity contribution in [1.82, 2.24) is 9.97 Å². The summed E-state index contributed by atoms with van der Waals surface area (Å²) in [6.45, 7) is 0. The van der Waals surface area contributed by atoms with E-state index >= 15 is 0 Å². The number of aromatic amines is 1. The molecule has 0 bridgehead atoms. The number of aromatic carboxylic acids is 1. The lowest BCUT2D eigenvalue weighted by Crippen LogP contribution is -1.99. The summed E-state index contributed by atoms with van der Waals surface area (Å²) in [7, 11) is 0. The molecule has 3 rings (SSSR count). The molecule has 0 atom stereocenters. The van der Waals surface area contributed by atoms with Gasteiger partial charge in [0.15, 0.2) is 5.69 Å². The number of halogens is 1. The Hall–Kier alpha value is -3.19. The smallest absolute Gasteiger partial charge is 0.354 e. The Labute approximate surface area is 140 Å². The second-order valence-corrected chi connectivity index (χ2v) is 5.36. The largest absolute Gasteiger partial charge is 0.477 e. The number of benzene rings is 2. The van der Waals surface area contributed by atoms with E-state index in [1.807, 2.05) is 0 Å². The summed E-state index contributed by atoms with van der Waals surface area (Å²) in [4.78, 5) is 28.7. The third kappa shape index (κ3) is 2.97. The molecule has 2 N–H and O–H groups in total. The molecule has 1 aromatic heterocycles. The molecule has 8 heteroatoms. The van der Waals surface area contributed by atoms with E-state index < -0.39 is 10.9 Å². The Morgan fingerprint density at radius 2 is 1.67 bits per heavy atom. The minimum Gasteiger partial charge on any atom is -0.477 e. The zero-order valence-corrected chi connectivity index (χ0v) is 12.8. The topological polar surface area (TPSA) is 109 Å². The molecular weight excluding hydrogens is 334 g/mol. The van der Waals surface area contributed by atoms with Gasteiger partial charge in [0.2, 0.25) is 0 Å². The zero-order chi connectivity index (χ0) is 17.3. The average molecular weight is 344 g/mol. The van der Waals surface area contributed by atoms with Gasteiger partial charge in [0, 0.05) is 28.3 Å². The van der Waals surface area contributed by atoms with Crippen molar-refractivity contribution in [3.05, 3.63) is 69.4 Å². The fourth-order valence-corrected chi connectivity index (χ4v) is 2.35. The molecule has 1 heterocycles. The van der Waals surface area contributed by atoms with Gasteiger partial charge in [-0.2, -0.15) is 0 Å². The minimum absolute atomic E-state index is 0.0540. The molecule has 0 fully saturated rings. The molecule has 0 radical (unpaired) electrons. The molecule has 0 amide bonds. The van der Waals surface area contributed by atoms with Gasteiger partial charge in [-0.3, -0.25) is 10.1 Å². The number of nitrogens with one attached hydrogen (secondary N) is 1. The van der Waals surface area contributed by atoms with Crippen LogP contribution in [0.3, 0.4) is 0 Å². The van der Waals surface area contributed by atoms with Crippen LogP contribution in [0.15, 0.2) is 48.5 Å². The van der Waals surface area contributed by atoms with Gasteiger partial charge in [-0.1, -0.05) is 23.7 Å². The molecular formula is C16H10ClN3O4. The zero-order valence-electron chi connectivity index (χ0n) is 12.1. The second kappa shape index (κ2) is 6.13. The van der Waals surface area contributed by atoms with Crippen molar-refractivity contribution in [1.29, 1.82) is 0 Å². The number of carboxylic acids is 1. The maximum atomic E-state index is 11.5. The Morgan fingerprint density at radius 1 is 1.08 bits per heavy atom. The molecule has 0 aliphatic heterocycles. The summed E-state index contributed by atoms with van der Waals surface area (Å²) in [6, 6.07) is 12.3. The fraction of sp³-hybridized carbons (Fsp3) is 0. The molecule has 2 aromatic carbocycles. The van der Waals surface area contributed by atoms with Crippen molar-refractivity contribution in [2.45, 2.75) is 0 Å². The molecule has 24 heavy (non-hydrogen) atoms. The van der Waals surface area contributed by atoms with E-state index in [9.17, 15) is 20.0 Å². The highest BCUT2D eigenvalue weighted by atomic mass is 35.5. The monoisotopic (exact) mass is 343 g/mol. The van der Waals surface area contributed by atoms with Crippen molar-refractivity contribution >= 4 is 23.3 Å². The van der Waals surface area contributed by atoms with Crippen LogP contribution in [0.5, 0.6) is 0 Å². The van der Waals surface area contributed by atoms with E-state index in [1.165, 1.54) is 24.3 Å². The summed E-state index contributed by atoms with van der Waals surface area (Å²) >= 11 is 5.84. The molecule has 0 aliphatic rings. The van der Waals surface area contributed by atoms with Gasteiger partial charge in [-0.15, -0.1) is 0 Å². The van der Waals surface area contributed by atoms with Crippen LogP contribution in [-0.4, -0.2) is 26.0 Å². The van der Waals surface area contributed by atoms with Crippen LogP contribution in [0.1, 0.15) is 10.5 Å². The first-order valence-corrected chi connectivity index (χ1v) is 7.17. The van der Waals surface area contributed by atoms with E-state index in [4.69, 9.17) is 11.6 Å². The Balaban J connectivity index is 2.07. The van der Waals surface area contributed by atoms with Gasteiger partial charge in [-0.05, 0) is 24.3 Å². The highest BCUT2D eigenvalue weighted by Gasteiger charge is 2.19. The summed E-state index contributed by atoms with van der Waals surface area (Å²) in [5, 5.41) is 20.6. The number of non-ortho nitro benzene ring substituents is 1. The Morgan fingerprint density at radius 3 is 2.21 bits per heavy atom. The second-order valence-electron chi connectivity index (χ2n) is 4.93. The van der Waals surface area contributed by atoms with E-state index in [1.54, 1.807) is 24.3 Å². The highest BCUT2D eigenvalue weighted by Crippen LogP contribution is 2.28. The van der Waals surface area contributed by atoms with E-state index in [0.29, 0.717) is 22.0 Å². The van der Waals surface area contributed by atoms with Gasteiger partial charge in [0.1, 0.15) is 11.5 Å². The third-order valence-corrected chi connectivity index (χ3v) is 3.64. The molecule has 7 nitrogen and oxygen atoms in total. The van der Waals surface area contributed by atoms with E-state index in [0.717, 1.165) is 0 Å². The number of imidazole rings is 1. The molecule has 0 spiro atoms. The number of carboxylic acid groups (broad SMARTS) is 1. The first kappa shape index (κ1) is 15.7. The number of hydrogen-bond acceptors (Lipinski definition) is 4. The van der Waals surface area contributed by atoms with Crippen molar-refractivity contribution in [2.75, 3.05) is 0 Å². The third-order valence-electron chi connectivity index (χ3n) is 3.39. The van der Waals surface area contributed by atoms with Gasteiger partial charge in [-0.25, -0.2) is 9.78 Å². The van der Waals surface area contributed by atoms with Gasteiger partial charge >= 0.3 is 5.97 Å². The predicted octanol–water partition coefficient (Wildman–Crippen LogP) is 4.00. The van der Waals surface area contributed by atoms with Crippen LogP contribution in [-0.2, 0) is 0 Å². The predicted molar refractivity (Wildman–Crippen MR) is 88.1 cm³/mol. The van der Waals surface area contributed by atoms with Crippen LogP contribution in [0, 0.1) is 10.1 Å². The molecule has 3 aromatic rings. The summed E-state index contributed by atoms with van der Waals surface area (Å²) in [6.07, 6.45) is 0. The Bertz CT molecular complexity index is 918. The lowest BCUT2D eigenvalue weighted by atomic mass is 10.1. The molecule has 0 aliphatic carbocycles.